The van der Waals surface area contributed by atoms with E-state index < -0.39 is 15.9 Å². The maximum Gasteiger partial charge on any atom is 0.243 e. The fourth-order valence-electron chi connectivity index (χ4n) is 2.52. The highest BCUT2D eigenvalue weighted by Gasteiger charge is 2.22. The van der Waals surface area contributed by atoms with Crippen LogP contribution in [0.4, 0.5) is 5.69 Å². The highest BCUT2D eigenvalue weighted by atomic mass is 79.9. The molecule has 0 saturated carbocycles. The molecular formula is C18H18BrN5O3S. The van der Waals surface area contributed by atoms with Crippen LogP contribution < -0.4 is 5.32 Å². The van der Waals surface area contributed by atoms with Crippen molar-refractivity contribution < 1.29 is 13.2 Å². The second-order valence-corrected chi connectivity index (χ2v) is 9.02. The zero-order valence-corrected chi connectivity index (χ0v) is 17.4. The molecular weight excluding hydrogens is 446 g/mol. The first kappa shape index (κ1) is 20.2. The lowest BCUT2D eigenvalue weighted by Crippen LogP contribution is -2.34. The Hall–Kier alpha value is -2.56. The molecule has 0 aliphatic carbocycles. The van der Waals surface area contributed by atoms with Crippen LogP contribution >= 0.6 is 15.9 Å². The molecule has 0 bridgehead atoms. The van der Waals surface area contributed by atoms with Crippen molar-refractivity contribution in [2.45, 2.75) is 11.4 Å². The van der Waals surface area contributed by atoms with Crippen LogP contribution in [0.2, 0.25) is 0 Å². The fourth-order valence-corrected chi connectivity index (χ4v) is 3.91. The summed E-state index contributed by atoms with van der Waals surface area (Å²) >= 11 is 3.27. The Bertz CT molecular complexity index is 1050. The van der Waals surface area contributed by atoms with Gasteiger partial charge in [-0.2, -0.15) is 9.40 Å². The molecule has 8 nitrogen and oxygen atoms in total. The molecule has 146 valence electrons. The number of carbonyl (C=O) groups is 1. The third-order valence-electron chi connectivity index (χ3n) is 3.91. The Kier molecular flexibility index (Phi) is 6.22. The minimum atomic E-state index is -3.75. The van der Waals surface area contributed by atoms with Gasteiger partial charge in [0.2, 0.25) is 15.9 Å². The smallest absolute Gasteiger partial charge is 0.243 e. The van der Waals surface area contributed by atoms with Crippen molar-refractivity contribution in [1.29, 1.82) is 0 Å². The van der Waals surface area contributed by atoms with Crippen molar-refractivity contribution in [2.24, 2.45) is 0 Å². The Morgan fingerprint density at radius 2 is 1.96 bits per heavy atom. The van der Waals surface area contributed by atoms with Crippen molar-refractivity contribution in [3.8, 4) is 0 Å². The van der Waals surface area contributed by atoms with E-state index in [-0.39, 0.29) is 11.4 Å². The summed E-state index contributed by atoms with van der Waals surface area (Å²) in [6, 6.07) is 13.5. The maximum atomic E-state index is 12.6. The lowest BCUT2D eigenvalue weighted by atomic mass is 10.2. The first-order valence-corrected chi connectivity index (χ1v) is 10.5. The van der Waals surface area contributed by atoms with Gasteiger partial charge in [-0.25, -0.2) is 18.1 Å². The van der Waals surface area contributed by atoms with Gasteiger partial charge in [0.05, 0.1) is 18.0 Å². The van der Waals surface area contributed by atoms with Gasteiger partial charge in [0.15, 0.2) is 0 Å². The van der Waals surface area contributed by atoms with Crippen LogP contribution in [0.3, 0.4) is 0 Å². The zero-order valence-electron chi connectivity index (χ0n) is 15.0. The number of benzene rings is 2. The fraction of sp³-hybridized carbons (Fsp3) is 0.167. The number of hydrogen-bond acceptors (Lipinski definition) is 5. The van der Waals surface area contributed by atoms with Crippen LogP contribution in [0, 0.1) is 0 Å². The van der Waals surface area contributed by atoms with Crippen LogP contribution in [-0.4, -0.2) is 47.0 Å². The van der Waals surface area contributed by atoms with Gasteiger partial charge in [0.25, 0.3) is 0 Å². The Morgan fingerprint density at radius 3 is 2.64 bits per heavy atom. The van der Waals surface area contributed by atoms with Crippen LogP contribution in [-0.2, 0) is 21.4 Å². The standard InChI is InChI=1S/C18H18BrN5O3S/c1-23(28(26,27)17-7-5-15(19)6-8-17)11-18(25)22-16-4-2-3-14(9-16)10-24-13-20-12-21-24/h2-9,12-13H,10-11H2,1H3,(H,22,25). The number of nitrogens with one attached hydrogen (secondary N) is 1. The minimum absolute atomic E-state index is 0.126. The number of nitrogens with zero attached hydrogens (tertiary/aromatic N) is 4. The molecule has 0 radical (unpaired) electrons. The lowest BCUT2D eigenvalue weighted by Gasteiger charge is -2.17. The molecule has 3 rings (SSSR count). The maximum absolute atomic E-state index is 12.6. The van der Waals surface area contributed by atoms with E-state index in [9.17, 15) is 13.2 Å². The average molecular weight is 464 g/mol. The summed E-state index contributed by atoms with van der Waals surface area (Å²) in [5, 5.41) is 6.77. The third kappa shape index (κ3) is 5.03. The van der Waals surface area contributed by atoms with Crippen molar-refractivity contribution in [2.75, 3.05) is 18.9 Å². The number of amides is 1. The van der Waals surface area contributed by atoms with Crippen LogP contribution in [0.15, 0.2) is 70.6 Å². The Labute approximate surface area is 171 Å². The number of anilines is 1. The van der Waals surface area contributed by atoms with E-state index >= 15 is 0 Å². The van der Waals surface area contributed by atoms with Gasteiger partial charge in [-0.3, -0.25) is 4.79 Å². The molecule has 10 heteroatoms. The van der Waals surface area contributed by atoms with E-state index in [0.29, 0.717) is 12.2 Å². The molecule has 0 atom stereocenters. The second-order valence-electron chi connectivity index (χ2n) is 6.06. The predicted molar refractivity (Wildman–Crippen MR) is 108 cm³/mol. The number of halogens is 1. The lowest BCUT2D eigenvalue weighted by molar-refractivity contribution is -0.116. The number of hydrogen-bond donors (Lipinski definition) is 1. The molecule has 1 N–H and O–H groups in total. The predicted octanol–water partition coefficient (Wildman–Crippen LogP) is 2.35. The van der Waals surface area contributed by atoms with Crippen molar-refractivity contribution in [3.05, 3.63) is 71.2 Å². The summed E-state index contributed by atoms with van der Waals surface area (Å²) in [5.41, 5.74) is 1.51. The summed E-state index contributed by atoms with van der Waals surface area (Å²) in [5.74, 6) is -0.430. The van der Waals surface area contributed by atoms with Crippen LogP contribution in [0.1, 0.15) is 5.56 Å². The first-order chi connectivity index (χ1) is 13.3. The molecule has 0 unspecified atom stereocenters. The van der Waals surface area contributed by atoms with Crippen molar-refractivity contribution in [1.82, 2.24) is 19.1 Å². The van der Waals surface area contributed by atoms with Crippen molar-refractivity contribution in [3.63, 3.8) is 0 Å². The van der Waals surface area contributed by atoms with Gasteiger partial charge in [-0.15, -0.1) is 0 Å². The summed E-state index contributed by atoms with van der Waals surface area (Å²) in [6.07, 6.45) is 3.06. The molecule has 2 aromatic carbocycles. The largest absolute Gasteiger partial charge is 0.325 e. The Morgan fingerprint density at radius 1 is 1.21 bits per heavy atom. The molecule has 3 aromatic rings. The topological polar surface area (TPSA) is 97.2 Å². The highest BCUT2D eigenvalue weighted by Crippen LogP contribution is 2.18. The van der Waals surface area contributed by atoms with Crippen molar-refractivity contribution >= 4 is 37.5 Å². The van der Waals surface area contributed by atoms with E-state index in [4.69, 9.17) is 0 Å². The van der Waals surface area contributed by atoms with E-state index in [1.165, 1.54) is 25.5 Å². The summed E-state index contributed by atoms with van der Waals surface area (Å²) < 4.78 is 28.6. The minimum Gasteiger partial charge on any atom is -0.325 e. The van der Waals surface area contributed by atoms with E-state index in [2.05, 4.69) is 31.3 Å². The van der Waals surface area contributed by atoms with Gasteiger partial charge >= 0.3 is 0 Å². The van der Waals surface area contributed by atoms with E-state index in [0.717, 1.165) is 14.3 Å². The molecule has 0 aliphatic rings. The summed E-state index contributed by atoms with van der Waals surface area (Å²) in [4.78, 5) is 16.3. The van der Waals surface area contributed by atoms with Gasteiger partial charge in [0.1, 0.15) is 12.7 Å². The molecule has 0 fully saturated rings. The number of likely N-dealkylation sites (N-methyl/N-ethyl adjacent to an activating group) is 1. The molecule has 0 saturated heterocycles. The molecule has 28 heavy (non-hydrogen) atoms. The van der Waals surface area contributed by atoms with Crippen LogP contribution in [0.5, 0.6) is 0 Å². The molecule has 0 spiro atoms. The monoisotopic (exact) mass is 463 g/mol. The third-order valence-corrected chi connectivity index (χ3v) is 6.26. The van der Waals surface area contributed by atoms with E-state index in [1.807, 2.05) is 18.2 Å². The van der Waals surface area contributed by atoms with Gasteiger partial charge < -0.3 is 5.32 Å². The molecule has 0 aliphatic heterocycles. The number of aromatic nitrogens is 3. The number of sulfonamides is 1. The van der Waals surface area contributed by atoms with E-state index in [1.54, 1.807) is 29.2 Å². The highest BCUT2D eigenvalue weighted by molar-refractivity contribution is 9.10. The average Bonchev–Trinajstić information content (AvgIpc) is 3.15. The molecule has 1 amide bonds. The SMILES string of the molecule is CN(CC(=O)Nc1cccc(Cn2cncn2)c1)S(=O)(=O)c1ccc(Br)cc1. The number of carbonyl (C=O) groups excluding carboxylic acids is 1. The molecule has 1 heterocycles. The van der Waals surface area contributed by atoms with Gasteiger partial charge in [-0.05, 0) is 42.0 Å². The summed E-state index contributed by atoms with van der Waals surface area (Å²) in [6.45, 7) is 0.216. The van der Waals surface area contributed by atoms with Gasteiger partial charge in [-0.1, -0.05) is 28.1 Å². The quantitative estimate of drug-likeness (QED) is 0.579. The first-order valence-electron chi connectivity index (χ1n) is 8.28. The number of rotatable bonds is 7. The normalized spacial score (nSPS) is 11.5. The van der Waals surface area contributed by atoms with Crippen LogP contribution in [0.25, 0.3) is 0 Å². The van der Waals surface area contributed by atoms with Gasteiger partial charge in [0, 0.05) is 17.2 Å². The second kappa shape index (κ2) is 8.63. The summed E-state index contributed by atoms with van der Waals surface area (Å²) in [7, 11) is -2.38. The Balaban J connectivity index is 1.64. The molecule has 1 aromatic heterocycles. The zero-order chi connectivity index (χ0) is 20.1.